The molecule has 1 aromatic carbocycles. The predicted molar refractivity (Wildman–Crippen MR) is 86.1 cm³/mol. The quantitative estimate of drug-likeness (QED) is 0.400. The largest absolute Gasteiger partial charge is 0.379 e. The zero-order valence-corrected chi connectivity index (χ0v) is 13.4. The minimum Gasteiger partial charge on any atom is -0.379 e. The molecule has 0 fully saturated rings. The van der Waals surface area contributed by atoms with Crippen molar-refractivity contribution < 1.29 is 4.92 Å². The van der Waals surface area contributed by atoms with Gasteiger partial charge in [-0.25, -0.2) is 0 Å². The molecule has 0 unspecified atom stereocenters. The summed E-state index contributed by atoms with van der Waals surface area (Å²) in [5, 5.41) is 14.0. The van der Waals surface area contributed by atoms with Crippen molar-refractivity contribution in [2.75, 3.05) is 23.9 Å². The van der Waals surface area contributed by atoms with E-state index in [9.17, 15) is 10.1 Å². The number of nitrogens with one attached hydrogen (secondary N) is 1. The van der Waals surface area contributed by atoms with Crippen molar-refractivity contribution in [1.82, 2.24) is 0 Å². The lowest BCUT2D eigenvalue weighted by atomic mass is 10.2. The molecule has 4 nitrogen and oxygen atoms in total. The molecule has 0 saturated carbocycles. The Balaban J connectivity index is 2.36. The normalized spacial score (nSPS) is 10.4. The first-order valence-electron chi connectivity index (χ1n) is 6.32. The van der Waals surface area contributed by atoms with Crippen LogP contribution in [-0.2, 0) is 0 Å². The van der Waals surface area contributed by atoms with Gasteiger partial charge >= 0.3 is 0 Å². The number of benzene rings is 1. The van der Waals surface area contributed by atoms with Gasteiger partial charge in [-0.05, 0) is 37.0 Å². The number of hydrogen-bond donors (Lipinski definition) is 1. The lowest BCUT2D eigenvalue weighted by Gasteiger charge is -2.07. The third kappa shape index (κ3) is 6.29. The van der Waals surface area contributed by atoms with Crippen LogP contribution in [0.2, 0.25) is 0 Å². The first kappa shape index (κ1) is 16.3. The zero-order chi connectivity index (χ0) is 14.1. The number of unbranched alkanes of at least 4 members (excludes halogenated alkanes) is 3. The third-order valence-corrected chi connectivity index (χ3v) is 3.94. The number of nitro benzene ring substituents is 1. The lowest BCUT2D eigenvalue weighted by molar-refractivity contribution is -0.384. The van der Waals surface area contributed by atoms with Crippen molar-refractivity contribution in [1.29, 1.82) is 0 Å². The molecule has 6 heteroatoms. The Bertz CT molecular complexity index is 416. The van der Waals surface area contributed by atoms with Crippen LogP contribution in [0.15, 0.2) is 22.7 Å². The Morgan fingerprint density at radius 2 is 2.05 bits per heavy atom. The molecule has 0 heterocycles. The average molecular weight is 347 g/mol. The number of nitro groups is 1. The molecule has 0 spiro atoms. The van der Waals surface area contributed by atoms with E-state index in [0.717, 1.165) is 23.9 Å². The summed E-state index contributed by atoms with van der Waals surface area (Å²) in [5.41, 5.74) is 0.717. The van der Waals surface area contributed by atoms with Crippen LogP contribution >= 0.6 is 27.7 Å². The number of nitrogens with zero attached hydrogens (tertiary/aromatic N) is 1. The fraction of sp³-hybridized carbons (Fsp3) is 0.538. The predicted octanol–water partition coefficient (Wildman–Crippen LogP) is 4.69. The topological polar surface area (TPSA) is 55.2 Å². The number of hydrogen-bond acceptors (Lipinski definition) is 4. The number of halogens is 1. The summed E-state index contributed by atoms with van der Waals surface area (Å²) in [6.07, 6.45) is 6.79. The molecule has 0 aliphatic heterocycles. The molecule has 0 atom stereocenters. The molecule has 0 aliphatic rings. The molecule has 1 aromatic rings. The van der Waals surface area contributed by atoms with Gasteiger partial charge in [0.05, 0.1) is 4.92 Å². The lowest BCUT2D eigenvalue weighted by Crippen LogP contribution is -2.04. The number of rotatable bonds is 9. The van der Waals surface area contributed by atoms with Gasteiger partial charge < -0.3 is 5.32 Å². The Hall–Kier alpha value is -0.750. The van der Waals surface area contributed by atoms with E-state index in [2.05, 4.69) is 27.5 Å². The van der Waals surface area contributed by atoms with E-state index in [1.54, 1.807) is 12.1 Å². The minimum atomic E-state index is -0.354. The van der Waals surface area contributed by atoms with Crippen molar-refractivity contribution in [3.63, 3.8) is 0 Å². The van der Waals surface area contributed by atoms with E-state index in [4.69, 9.17) is 0 Å². The molecule has 0 radical (unpaired) electrons. The third-order valence-electron chi connectivity index (χ3n) is 2.75. The first-order chi connectivity index (χ1) is 9.15. The molecule has 0 amide bonds. The van der Waals surface area contributed by atoms with Crippen LogP contribution in [0.25, 0.3) is 0 Å². The number of thioether (sulfide) groups is 1. The van der Waals surface area contributed by atoms with Crippen molar-refractivity contribution in [2.45, 2.75) is 25.7 Å². The molecule has 0 aliphatic carbocycles. The van der Waals surface area contributed by atoms with Gasteiger partial charge in [0.15, 0.2) is 0 Å². The Morgan fingerprint density at radius 1 is 1.32 bits per heavy atom. The van der Waals surface area contributed by atoms with E-state index < -0.39 is 0 Å². The fourth-order valence-electron chi connectivity index (χ4n) is 1.76. The molecule has 0 aromatic heterocycles. The molecule has 1 rings (SSSR count). The molecule has 19 heavy (non-hydrogen) atoms. The summed E-state index contributed by atoms with van der Waals surface area (Å²) >= 11 is 5.20. The number of anilines is 1. The summed E-state index contributed by atoms with van der Waals surface area (Å²) in [5.74, 6) is 1.21. The molecular weight excluding hydrogens is 328 g/mol. The highest BCUT2D eigenvalue weighted by atomic mass is 79.9. The van der Waals surface area contributed by atoms with Crippen molar-refractivity contribution >= 4 is 39.1 Å². The molecule has 106 valence electrons. The van der Waals surface area contributed by atoms with Crippen LogP contribution < -0.4 is 5.32 Å². The maximum Gasteiger partial charge on any atom is 0.292 e. The Kier molecular flexibility index (Phi) is 7.90. The highest BCUT2D eigenvalue weighted by molar-refractivity contribution is 9.10. The zero-order valence-electron chi connectivity index (χ0n) is 11.0. The van der Waals surface area contributed by atoms with E-state index in [1.807, 2.05) is 11.8 Å². The van der Waals surface area contributed by atoms with E-state index in [0.29, 0.717) is 5.69 Å². The van der Waals surface area contributed by atoms with Gasteiger partial charge in [0.25, 0.3) is 5.69 Å². The summed E-state index contributed by atoms with van der Waals surface area (Å²) in [6.45, 7) is 0.774. The molecule has 1 N–H and O–H groups in total. The second-order valence-electron chi connectivity index (χ2n) is 4.25. The molecular formula is C13H19BrN2O2S. The Morgan fingerprint density at radius 3 is 2.74 bits per heavy atom. The fourth-order valence-corrected chi connectivity index (χ4v) is 2.61. The smallest absolute Gasteiger partial charge is 0.292 e. The maximum atomic E-state index is 10.9. The molecule has 0 bridgehead atoms. The average Bonchev–Trinajstić information content (AvgIpc) is 2.37. The highest BCUT2D eigenvalue weighted by Gasteiger charge is 2.12. The standard InChI is InChI=1S/C13H19BrN2O2S/c1-19-9-5-3-2-4-8-15-12-10-11(14)6-7-13(12)16(17)18/h6-7,10,15H,2-5,8-9H2,1H3. The van der Waals surface area contributed by atoms with E-state index in [-0.39, 0.29) is 10.6 Å². The van der Waals surface area contributed by atoms with E-state index in [1.165, 1.54) is 24.7 Å². The summed E-state index contributed by atoms with van der Waals surface area (Å²) < 4.78 is 0.848. The second kappa shape index (κ2) is 9.20. The van der Waals surface area contributed by atoms with Crippen molar-refractivity contribution in [3.8, 4) is 0 Å². The summed E-state index contributed by atoms with van der Waals surface area (Å²) in [4.78, 5) is 10.5. The summed E-state index contributed by atoms with van der Waals surface area (Å²) in [7, 11) is 0. The maximum absolute atomic E-state index is 10.9. The van der Waals surface area contributed by atoms with Crippen LogP contribution in [0.3, 0.4) is 0 Å². The SMILES string of the molecule is CSCCCCCCNc1cc(Br)ccc1[N+](=O)[O-]. The van der Waals surface area contributed by atoms with Gasteiger partial charge in [0, 0.05) is 17.1 Å². The first-order valence-corrected chi connectivity index (χ1v) is 8.50. The highest BCUT2D eigenvalue weighted by Crippen LogP contribution is 2.27. The Labute approximate surface area is 126 Å². The van der Waals surface area contributed by atoms with E-state index >= 15 is 0 Å². The van der Waals surface area contributed by atoms with Crippen LogP contribution in [0.5, 0.6) is 0 Å². The van der Waals surface area contributed by atoms with Gasteiger partial charge in [0.2, 0.25) is 0 Å². The van der Waals surface area contributed by atoms with Crippen molar-refractivity contribution in [3.05, 3.63) is 32.8 Å². The summed E-state index contributed by atoms with van der Waals surface area (Å²) in [6, 6.07) is 4.96. The van der Waals surface area contributed by atoms with Gasteiger partial charge in [-0.2, -0.15) is 11.8 Å². The van der Waals surface area contributed by atoms with Crippen LogP contribution in [0.1, 0.15) is 25.7 Å². The van der Waals surface area contributed by atoms with Crippen LogP contribution in [-0.4, -0.2) is 23.5 Å². The minimum absolute atomic E-state index is 0.130. The van der Waals surface area contributed by atoms with Gasteiger partial charge in [-0.15, -0.1) is 0 Å². The molecule has 0 saturated heterocycles. The van der Waals surface area contributed by atoms with Crippen LogP contribution in [0, 0.1) is 10.1 Å². The monoisotopic (exact) mass is 346 g/mol. The van der Waals surface area contributed by atoms with Gasteiger partial charge in [0.1, 0.15) is 5.69 Å². The van der Waals surface area contributed by atoms with Gasteiger partial charge in [-0.1, -0.05) is 28.8 Å². The second-order valence-corrected chi connectivity index (χ2v) is 6.15. The van der Waals surface area contributed by atoms with Crippen molar-refractivity contribution in [2.24, 2.45) is 0 Å². The van der Waals surface area contributed by atoms with Crippen LogP contribution in [0.4, 0.5) is 11.4 Å². The van der Waals surface area contributed by atoms with Gasteiger partial charge in [-0.3, -0.25) is 10.1 Å².